The Balaban J connectivity index is 1.76. The average molecular weight is 278 g/mol. The number of ketones is 1. The van der Waals surface area contributed by atoms with Gasteiger partial charge in [0.15, 0.2) is 0 Å². The summed E-state index contributed by atoms with van der Waals surface area (Å²) in [4.78, 5) is 24.1. The van der Waals surface area contributed by atoms with E-state index in [9.17, 15) is 14.9 Å². The van der Waals surface area contributed by atoms with Gasteiger partial charge in [0, 0.05) is 31.6 Å². The minimum atomic E-state index is -0.423. The van der Waals surface area contributed by atoms with Gasteiger partial charge >= 0.3 is 0 Å². The van der Waals surface area contributed by atoms with Crippen molar-refractivity contribution in [2.75, 3.05) is 32.8 Å². The van der Waals surface area contributed by atoms with Crippen LogP contribution < -0.4 is 0 Å². The third kappa shape index (κ3) is 4.40. The van der Waals surface area contributed by atoms with Crippen molar-refractivity contribution in [1.82, 2.24) is 4.90 Å². The summed E-state index contributed by atoms with van der Waals surface area (Å²) in [7, 11) is 0. The standard InChI is InChI=1S/C14H18N2O4/c17-14(11-15-7-9-20-10-8-15)6-3-12-1-4-13(5-2-12)16(18)19/h1-2,4-5H,3,6-11H2. The smallest absolute Gasteiger partial charge is 0.269 e. The van der Waals surface area contributed by atoms with E-state index >= 15 is 0 Å². The first kappa shape index (κ1) is 14.6. The number of aryl methyl sites for hydroxylation is 1. The predicted octanol–water partition coefficient (Wildman–Crippen LogP) is 1.43. The summed E-state index contributed by atoms with van der Waals surface area (Å²) in [5, 5.41) is 10.5. The second kappa shape index (κ2) is 7.12. The normalized spacial score (nSPS) is 16.0. The summed E-state index contributed by atoms with van der Waals surface area (Å²) in [5.74, 6) is 0.199. The topological polar surface area (TPSA) is 72.7 Å². The van der Waals surface area contributed by atoms with E-state index in [-0.39, 0.29) is 11.5 Å². The molecule has 0 bridgehead atoms. The number of carbonyl (C=O) groups excluding carboxylic acids is 1. The van der Waals surface area contributed by atoms with Gasteiger partial charge in [-0.1, -0.05) is 12.1 Å². The maximum Gasteiger partial charge on any atom is 0.269 e. The van der Waals surface area contributed by atoms with Crippen LogP contribution in [0.4, 0.5) is 5.69 Å². The molecule has 0 unspecified atom stereocenters. The highest BCUT2D eigenvalue weighted by molar-refractivity contribution is 5.80. The molecule has 1 fully saturated rings. The zero-order chi connectivity index (χ0) is 14.4. The summed E-state index contributed by atoms with van der Waals surface area (Å²) in [5.41, 5.74) is 1.03. The lowest BCUT2D eigenvalue weighted by molar-refractivity contribution is -0.384. The van der Waals surface area contributed by atoms with Crippen molar-refractivity contribution >= 4 is 11.5 Å². The van der Waals surface area contributed by atoms with Crippen LogP contribution in [0, 0.1) is 10.1 Å². The lowest BCUT2D eigenvalue weighted by Gasteiger charge is -2.25. The Hall–Kier alpha value is -1.79. The molecule has 1 aromatic rings. The molecule has 0 spiro atoms. The molecule has 1 aromatic carbocycles. The molecule has 6 heteroatoms. The van der Waals surface area contributed by atoms with E-state index in [1.54, 1.807) is 12.1 Å². The van der Waals surface area contributed by atoms with E-state index in [1.165, 1.54) is 12.1 Å². The van der Waals surface area contributed by atoms with Crippen LogP contribution in [0.1, 0.15) is 12.0 Å². The van der Waals surface area contributed by atoms with Crippen molar-refractivity contribution in [2.24, 2.45) is 0 Å². The van der Waals surface area contributed by atoms with Crippen LogP contribution in [0.3, 0.4) is 0 Å². The van der Waals surface area contributed by atoms with Crippen LogP contribution in [0.15, 0.2) is 24.3 Å². The van der Waals surface area contributed by atoms with Gasteiger partial charge in [0.1, 0.15) is 5.78 Å². The zero-order valence-corrected chi connectivity index (χ0v) is 11.3. The van der Waals surface area contributed by atoms with E-state index in [0.717, 1.165) is 18.7 Å². The number of carbonyl (C=O) groups is 1. The number of hydrogen-bond donors (Lipinski definition) is 0. The van der Waals surface area contributed by atoms with Crippen LogP contribution in [-0.2, 0) is 16.0 Å². The lowest BCUT2D eigenvalue weighted by atomic mass is 10.1. The number of hydrogen-bond acceptors (Lipinski definition) is 5. The van der Waals surface area contributed by atoms with Crippen LogP contribution in [0.5, 0.6) is 0 Å². The minimum absolute atomic E-state index is 0.0772. The first-order valence-electron chi connectivity index (χ1n) is 6.70. The van der Waals surface area contributed by atoms with Crippen molar-refractivity contribution in [2.45, 2.75) is 12.8 Å². The highest BCUT2D eigenvalue weighted by atomic mass is 16.6. The van der Waals surface area contributed by atoms with Gasteiger partial charge in [-0.3, -0.25) is 19.8 Å². The monoisotopic (exact) mass is 278 g/mol. The Kier molecular flexibility index (Phi) is 5.20. The molecule has 1 aliphatic heterocycles. The molecular weight excluding hydrogens is 260 g/mol. The zero-order valence-electron chi connectivity index (χ0n) is 11.3. The van der Waals surface area contributed by atoms with Gasteiger partial charge in [0.2, 0.25) is 0 Å². The van der Waals surface area contributed by atoms with Crippen molar-refractivity contribution in [1.29, 1.82) is 0 Å². The third-order valence-electron chi connectivity index (χ3n) is 3.34. The average Bonchev–Trinajstić information content (AvgIpc) is 2.46. The van der Waals surface area contributed by atoms with Gasteiger partial charge in [-0.2, -0.15) is 0 Å². The fourth-order valence-corrected chi connectivity index (χ4v) is 2.16. The molecule has 108 valence electrons. The number of morpholine rings is 1. The maximum absolute atomic E-state index is 11.9. The van der Waals surface area contributed by atoms with E-state index in [0.29, 0.717) is 32.6 Å². The first-order chi connectivity index (χ1) is 9.65. The molecule has 6 nitrogen and oxygen atoms in total. The van der Waals surface area contributed by atoms with Crippen molar-refractivity contribution in [3.8, 4) is 0 Å². The number of nitro groups is 1. The van der Waals surface area contributed by atoms with Crippen LogP contribution in [0.25, 0.3) is 0 Å². The van der Waals surface area contributed by atoms with Gasteiger partial charge in [0.05, 0.1) is 24.7 Å². The minimum Gasteiger partial charge on any atom is -0.379 e. The quantitative estimate of drug-likeness (QED) is 0.581. The fourth-order valence-electron chi connectivity index (χ4n) is 2.16. The summed E-state index contributed by atoms with van der Waals surface area (Å²) in [6, 6.07) is 6.36. The van der Waals surface area contributed by atoms with Gasteiger partial charge in [-0.25, -0.2) is 0 Å². The lowest BCUT2D eigenvalue weighted by Crippen LogP contribution is -2.39. The Morgan fingerprint density at radius 3 is 2.50 bits per heavy atom. The highest BCUT2D eigenvalue weighted by Crippen LogP contribution is 2.13. The highest BCUT2D eigenvalue weighted by Gasteiger charge is 2.14. The van der Waals surface area contributed by atoms with Gasteiger partial charge < -0.3 is 4.74 Å². The molecule has 0 aromatic heterocycles. The molecule has 20 heavy (non-hydrogen) atoms. The number of benzene rings is 1. The van der Waals surface area contributed by atoms with Crippen molar-refractivity contribution < 1.29 is 14.5 Å². The third-order valence-corrected chi connectivity index (χ3v) is 3.34. The number of nitrogens with zero attached hydrogens (tertiary/aromatic N) is 2. The molecule has 1 heterocycles. The number of rotatable bonds is 6. The molecular formula is C14H18N2O4. The summed E-state index contributed by atoms with van der Waals surface area (Å²) < 4.78 is 5.23. The molecule has 1 aliphatic rings. The molecule has 2 rings (SSSR count). The van der Waals surface area contributed by atoms with Gasteiger partial charge in [-0.15, -0.1) is 0 Å². The SMILES string of the molecule is O=C(CCc1ccc([N+](=O)[O-])cc1)CN1CCOCC1. The molecule has 0 atom stereocenters. The van der Waals surface area contributed by atoms with Gasteiger partial charge in [-0.05, 0) is 12.0 Å². The maximum atomic E-state index is 11.9. The van der Waals surface area contributed by atoms with Crippen molar-refractivity contribution in [3.05, 3.63) is 39.9 Å². The van der Waals surface area contributed by atoms with E-state index < -0.39 is 4.92 Å². The predicted molar refractivity (Wildman–Crippen MR) is 73.7 cm³/mol. The largest absolute Gasteiger partial charge is 0.379 e. The van der Waals surface area contributed by atoms with Crippen LogP contribution in [0.2, 0.25) is 0 Å². The molecule has 0 amide bonds. The van der Waals surface area contributed by atoms with E-state index in [2.05, 4.69) is 4.90 Å². The molecule has 0 radical (unpaired) electrons. The molecule has 0 aliphatic carbocycles. The van der Waals surface area contributed by atoms with E-state index in [1.807, 2.05) is 0 Å². The number of ether oxygens (including phenoxy) is 1. The Bertz CT molecular complexity index is 467. The Labute approximate surface area is 117 Å². The number of Topliss-reactive ketones (excluding diaryl/α,β-unsaturated/α-hetero) is 1. The fraction of sp³-hybridized carbons (Fsp3) is 0.500. The summed E-state index contributed by atoms with van der Waals surface area (Å²) in [6.07, 6.45) is 1.09. The second-order valence-corrected chi connectivity index (χ2v) is 4.85. The van der Waals surface area contributed by atoms with E-state index in [4.69, 9.17) is 4.74 Å². The van der Waals surface area contributed by atoms with Crippen LogP contribution in [-0.4, -0.2) is 48.5 Å². The summed E-state index contributed by atoms with van der Waals surface area (Å²) >= 11 is 0. The van der Waals surface area contributed by atoms with Crippen molar-refractivity contribution in [3.63, 3.8) is 0 Å². The molecule has 1 saturated heterocycles. The van der Waals surface area contributed by atoms with Crippen LogP contribution >= 0.6 is 0 Å². The molecule has 0 saturated carbocycles. The number of nitro benzene ring substituents is 1. The summed E-state index contributed by atoms with van der Waals surface area (Å²) in [6.45, 7) is 3.47. The van der Waals surface area contributed by atoms with Gasteiger partial charge in [0.25, 0.3) is 5.69 Å². The molecule has 0 N–H and O–H groups in total. The Morgan fingerprint density at radius 1 is 1.25 bits per heavy atom. The first-order valence-corrected chi connectivity index (χ1v) is 6.70. The Morgan fingerprint density at radius 2 is 1.90 bits per heavy atom. The number of non-ortho nitro benzene ring substituents is 1. The second-order valence-electron chi connectivity index (χ2n) is 4.85.